The van der Waals surface area contributed by atoms with Gasteiger partial charge in [0.25, 0.3) is 0 Å². The summed E-state index contributed by atoms with van der Waals surface area (Å²) in [5.74, 6) is 0.276. The van der Waals surface area contributed by atoms with E-state index < -0.39 is 5.97 Å². The zero-order valence-electron chi connectivity index (χ0n) is 14.3. The average Bonchev–Trinajstić information content (AvgIpc) is 2.62. The average molecular weight is 336 g/mol. The SMILES string of the molecule is CCCOc1cc(C(=O)Oc2ccccc2)c(O)c2ccc(C)cc12. The molecule has 0 saturated heterocycles. The fraction of sp³-hybridized carbons (Fsp3) is 0.190. The molecular weight excluding hydrogens is 316 g/mol. The van der Waals surface area contributed by atoms with Gasteiger partial charge in [0.2, 0.25) is 0 Å². The highest BCUT2D eigenvalue weighted by molar-refractivity contribution is 6.04. The van der Waals surface area contributed by atoms with Crippen LogP contribution < -0.4 is 9.47 Å². The van der Waals surface area contributed by atoms with Gasteiger partial charge in [-0.15, -0.1) is 0 Å². The molecule has 3 aromatic rings. The molecule has 25 heavy (non-hydrogen) atoms. The summed E-state index contributed by atoms with van der Waals surface area (Å²) in [6.45, 7) is 4.51. The summed E-state index contributed by atoms with van der Waals surface area (Å²) in [7, 11) is 0. The molecule has 3 aromatic carbocycles. The van der Waals surface area contributed by atoms with E-state index in [2.05, 4.69) is 0 Å². The lowest BCUT2D eigenvalue weighted by molar-refractivity contribution is 0.0731. The van der Waals surface area contributed by atoms with Crippen LogP contribution in [-0.4, -0.2) is 17.7 Å². The second kappa shape index (κ2) is 7.26. The van der Waals surface area contributed by atoms with Gasteiger partial charge in [-0.2, -0.15) is 0 Å². The largest absolute Gasteiger partial charge is 0.506 e. The van der Waals surface area contributed by atoms with Crippen molar-refractivity contribution in [2.24, 2.45) is 0 Å². The van der Waals surface area contributed by atoms with Crippen LogP contribution in [0.1, 0.15) is 29.3 Å². The maximum absolute atomic E-state index is 12.5. The van der Waals surface area contributed by atoms with E-state index >= 15 is 0 Å². The highest BCUT2D eigenvalue weighted by atomic mass is 16.5. The highest BCUT2D eigenvalue weighted by Crippen LogP contribution is 2.37. The summed E-state index contributed by atoms with van der Waals surface area (Å²) >= 11 is 0. The van der Waals surface area contributed by atoms with E-state index in [4.69, 9.17) is 9.47 Å². The Morgan fingerprint density at radius 3 is 2.52 bits per heavy atom. The number of benzene rings is 3. The van der Waals surface area contributed by atoms with Crippen LogP contribution >= 0.6 is 0 Å². The zero-order valence-corrected chi connectivity index (χ0v) is 14.3. The van der Waals surface area contributed by atoms with E-state index in [0.29, 0.717) is 23.5 Å². The van der Waals surface area contributed by atoms with Gasteiger partial charge >= 0.3 is 5.97 Å². The Balaban J connectivity index is 2.06. The van der Waals surface area contributed by atoms with Gasteiger partial charge in [0.15, 0.2) is 0 Å². The van der Waals surface area contributed by atoms with Gasteiger partial charge in [0.05, 0.1) is 6.61 Å². The molecule has 0 heterocycles. The maximum atomic E-state index is 12.5. The Bertz CT molecular complexity index is 901. The van der Waals surface area contributed by atoms with Crippen LogP contribution in [0.3, 0.4) is 0 Å². The van der Waals surface area contributed by atoms with Crippen molar-refractivity contribution in [1.82, 2.24) is 0 Å². The quantitative estimate of drug-likeness (QED) is 0.534. The minimum Gasteiger partial charge on any atom is -0.506 e. The number of hydrogen-bond acceptors (Lipinski definition) is 4. The van der Waals surface area contributed by atoms with E-state index in [0.717, 1.165) is 17.4 Å². The molecule has 128 valence electrons. The molecular formula is C21H20O4. The van der Waals surface area contributed by atoms with Crippen molar-refractivity contribution in [1.29, 1.82) is 0 Å². The Labute approximate surface area is 146 Å². The second-order valence-corrected chi connectivity index (χ2v) is 5.87. The molecule has 0 fully saturated rings. The van der Waals surface area contributed by atoms with E-state index in [1.54, 1.807) is 36.4 Å². The third kappa shape index (κ3) is 3.58. The Morgan fingerprint density at radius 1 is 1.04 bits per heavy atom. The topological polar surface area (TPSA) is 55.8 Å². The first kappa shape index (κ1) is 16.8. The number of aromatic hydroxyl groups is 1. The molecule has 0 aliphatic heterocycles. The van der Waals surface area contributed by atoms with Crippen molar-refractivity contribution in [3.05, 3.63) is 65.7 Å². The van der Waals surface area contributed by atoms with E-state index in [-0.39, 0.29) is 11.3 Å². The Kier molecular flexibility index (Phi) is 4.89. The van der Waals surface area contributed by atoms with Gasteiger partial charge < -0.3 is 14.6 Å². The lowest BCUT2D eigenvalue weighted by atomic mass is 10.0. The molecule has 0 aromatic heterocycles. The normalized spacial score (nSPS) is 10.6. The smallest absolute Gasteiger partial charge is 0.347 e. The number of carbonyl (C=O) groups excluding carboxylic acids is 1. The molecule has 0 atom stereocenters. The number of hydrogen-bond donors (Lipinski definition) is 1. The van der Waals surface area contributed by atoms with E-state index in [1.807, 2.05) is 32.0 Å². The Morgan fingerprint density at radius 2 is 1.80 bits per heavy atom. The highest BCUT2D eigenvalue weighted by Gasteiger charge is 2.20. The lowest BCUT2D eigenvalue weighted by Crippen LogP contribution is -2.10. The minimum absolute atomic E-state index is 0.0892. The number of ether oxygens (including phenoxy) is 2. The molecule has 0 bridgehead atoms. The van der Waals surface area contributed by atoms with Crippen LogP contribution in [0.2, 0.25) is 0 Å². The summed E-state index contributed by atoms with van der Waals surface area (Å²) in [4.78, 5) is 12.5. The van der Waals surface area contributed by atoms with Crippen LogP contribution in [0.5, 0.6) is 17.2 Å². The van der Waals surface area contributed by atoms with Crippen LogP contribution in [0.15, 0.2) is 54.6 Å². The molecule has 0 radical (unpaired) electrons. The van der Waals surface area contributed by atoms with E-state index in [1.165, 1.54) is 0 Å². The number of phenols is 1. The third-order valence-corrected chi connectivity index (χ3v) is 3.86. The van der Waals surface area contributed by atoms with Crippen molar-refractivity contribution >= 4 is 16.7 Å². The van der Waals surface area contributed by atoms with Crippen molar-refractivity contribution in [2.45, 2.75) is 20.3 Å². The van der Waals surface area contributed by atoms with Crippen LogP contribution in [0.25, 0.3) is 10.8 Å². The van der Waals surface area contributed by atoms with Crippen molar-refractivity contribution < 1.29 is 19.4 Å². The summed E-state index contributed by atoms with van der Waals surface area (Å²) < 4.78 is 11.2. The molecule has 0 aliphatic carbocycles. The van der Waals surface area contributed by atoms with Crippen LogP contribution in [0, 0.1) is 6.92 Å². The zero-order chi connectivity index (χ0) is 17.8. The van der Waals surface area contributed by atoms with Crippen molar-refractivity contribution in [3.8, 4) is 17.2 Å². The standard InChI is InChI=1S/C21H20O4/c1-3-11-24-19-13-18(21(23)25-15-7-5-4-6-8-15)20(22)16-10-9-14(2)12-17(16)19/h4-10,12-13,22H,3,11H2,1-2H3. The third-order valence-electron chi connectivity index (χ3n) is 3.86. The lowest BCUT2D eigenvalue weighted by Gasteiger charge is -2.14. The number of fused-ring (bicyclic) bond motifs is 1. The number of carbonyl (C=O) groups is 1. The fourth-order valence-electron chi connectivity index (χ4n) is 2.63. The number of esters is 1. The predicted octanol–water partition coefficient (Wildman–Crippen LogP) is 4.86. The maximum Gasteiger partial charge on any atom is 0.347 e. The predicted molar refractivity (Wildman–Crippen MR) is 97.5 cm³/mol. The molecule has 4 nitrogen and oxygen atoms in total. The number of phenolic OH excluding ortho intramolecular Hbond substituents is 1. The minimum atomic E-state index is -0.618. The van der Waals surface area contributed by atoms with Crippen LogP contribution in [-0.2, 0) is 0 Å². The monoisotopic (exact) mass is 336 g/mol. The summed E-state index contributed by atoms with van der Waals surface area (Å²) in [6.07, 6.45) is 0.845. The molecule has 0 saturated carbocycles. The molecule has 0 aliphatic rings. The molecule has 1 N–H and O–H groups in total. The van der Waals surface area contributed by atoms with Crippen molar-refractivity contribution in [3.63, 3.8) is 0 Å². The fourth-order valence-corrected chi connectivity index (χ4v) is 2.63. The molecule has 4 heteroatoms. The molecule has 3 rings (SSSR count). The van der Waals surface area contributed by atoms with Crippen molar-refractivity contribution in [2.75, 3.05) is 6.61 Å². The van der Waals surface area contributed by atoms with Gasteiger partial charge in [-0.25, -0.2) is 4.79 Å². The molecule has 0 amide bonds. The molecule has 0 unspecified atom stereocenters. The van der Waals surface area contributed by atoms with Gasteiger partial charge in [0.1, 0.15) is 22.8 Å². The first-order valence-corrected chi connectivity index (χ1v) is 8.26. The Hall–Kier alpha value is -3.01. The van der Waals surface area contributed by atoms with Crippen LogP contribution in [0.4, 0.5) is 0 Å². The first-order chi connectivity index (χ1) is 12.1. The van der Waals surface area contributed by atoms with E-state index in [9.17, 15) is 9.90 Å². The number of para-hydroxylation sites is 1. The van der Waals surface area contributed by atoms with Gasteiger partial charge in [-0.05, 0) is 37.6 Å². The van der Waals surface area contributed by atoms with Gasteiger partial charge in [-0.3, -0.25) is 0 Å². The van der Waals surface area contributed by atoms with Gasteiger partial charge in [-0.1, -0.05) is 42.8 Å². The first-order valence-electron chi connectivity index (χ1n) is 8.26. The summed E-state index contributed by atoms with van der Waals surface area (Å²) in [5, 5.41) is 11.9. The molecule has 0 spiro atoms. The summed E-state index contributed by atoms with van der Waals surface area (Å²) in [5.41, 5.74) is 1.14. The van der Waals surface area contributed by atoms with Gasteiger partial charge in [0, 0.05) is 10.8 Å². The number of rotatable bonds is 5. The number of aryl methyl sites for hydroxylation is 1. The second-order valence-electron chi connectivity index (χ2n) is 5.87. The summed E-state index contributed by atoms with van der Waals surface area (Å²) in [6, 6.07) is 15.9.